The summed E-state index contributed by atoms with van der Waals surface area (Å²) in [6.07, 6.45) is 3.03. The van der Waals surface area contributed by atoms with Crippen molar-refractivity contribution in [2.24, 2.45) is 0 Å². The standard InChI is InChI=1S/C15H23N3OS/c1-4-5-12-8-11(9-14(16-2)17-12)15(19)18(3)13-6-7-20-10-13/h8-9,13H,4-7,10H2,1-3H3,(H,16,17). The quantitative estimate of drug-likeness (QED) is 0.906. The predicted octanol–water partition coefficient (Wildman–Crippen LogP) is 2.65. The Balaban J connectivity index is 2.21. The van der Waals surface area contributed by atoms with Crippen LogP contribution in [0, 0.1) is 0 Å². The van der Waals surface area contributed by atoms with Crippen LogP contribution in [0.25, 0.3) is 0 Å². The van der Waals surface area contributed by atoms with Gasteiger partial charge in [0.05, 0.1) is 0 Å². The summed E-state index contributed by atoms with van der Waals surface area (Å²) in [5, 5.41) is 3.04. The second-order valence-corrected chi connectivity index (χ2v) is 6.32. The first-order valence-electron chi connectivity index (χ1n) is 7.19. The molecule has 0 radical (unpaired) electrons. The van der Waals surface area contributed by atoms with Crippen LogP contribution < -0.4 is 5.32 Å². The number of nitrogens with zero attached hydrogens (tertiary/aromatic N) is 2. The third kappa shape index (κ3) is 3.45. The number of aryl methyl sites for hydroxylation is 1. The van der Waals surface area contributed by atoms with Crippen molar-refractivity contribution in [3.63, 3.8) is 0 Å². The van der Waals surface area contributed by atoms with Gasteiger partial charge in [0, 0.05) is 37.1 Å². The van der Waals surface area contributed by atoms with E-state index < -0.39 is 0 Å². The van der Waals surface area contributed by atoms with Crippen molar-refractivity contribution in [2.45, 2.75) is 32.2 Å². The molecular formula is C15H23N3OS. The van der Waals surface area contributed by atoms with Gasteiger partial charge in [-0.1, -0.05) is 13.3 Å². The molecule has 1 amide bonds. The molecule has 1 atom stereocenters. The van der Waals surface area contributed by atoms with Gasteiger partial charge in [0.1, 0.15) is 5.82 Å². The van der Waals surface area contributed by atoms with E-state index in [0.29, 0.717) is 6.04 Å². The molecule has 20 heavy (non-hydrogen) atoms. The molecule has 0 aromatic carbocycles. The molecule has 1 aromatic heterocycles. The Bertz CT molecular complexity index is 472. The van der Waals surface area contributed by atoms with Crippen molar-refractivity contribution in [3.05, 3.63) is 23.4 Å². The SMILES string of the molecule is CCCc1cc(C(=O)N(C)C2CCSC2)cc(NC)n1. The Morgan fingerprint density at radius 3 is 2.95 bits per heavy atom. The minimum absolute atomic E-state index is 0.105. The fourth-order valence-corrected chi connectivity index (χ4v) is 3.69. The second-order valence-electron chi connectivity index (χ2n) is 5.17. The van der Waals surface area contributed by atoms with Gasteiger partial charge in [-0.3, -0.25) is 4.79 Å². The number of aromatic nitrogens is 1. The van der Waals surface area contributed by atoms with Crippen LogP contribution in [0.1, 0.15) is 35.8 Å². The van der Waals surface area contributed by atoms with Crippen LogP contribution in [-0.4, -0.2) is 47.4 Å². The van der Waals surface area contributed by atoms with Gasteiger partial charge >= 0.3 is 0 Å². The molecule has 2 rings (SSSR count). The first kappa shape index (κ1) is 15.2. The first-order chi connectivity index (χ1) is 9.65. The van der Waals surface area contributed by atoms with Crippen molar-refractivity contribution >= 4 is 23.5 Å². The average Bonchev–Trinajstić information content (AvgIpc) is 2.99. The normalized spacial score (nSPS) is 18.1. The molecule has 5 heteroatoms. The average molecular weight is 293 g/mol. The number of anilines is 1. The number of amides is 1. The largest absolute Gasteiger partial charge is 0.373 e. The van der Waals surface area contributed by atoms with Crippen LogP contribution in [0.15, 0.2) is 12.1 Å². The minimum Gasteiger partial charge on any atom is -0.373 e. The van der Waals surface area contributed by atoms with E-state index in [1.54, 1.807) is 0 Å². The summed E-state index contributed by atoms with van der Waals surface area (Å²) < 4.78 is 0. The van der Waals surface area contributed by atoms with Gasteiger partial charge in [0.25, 0.3) is 5.91 Å². The number of hydrogen-bond acceptors (Lipinski definition) is 4. The van der Waals surface area contributed by atoms with Gasteiger partial charge < -0.3 is 10.2 Å². The highest BCUT2D eigenvalue weighted by molar-refractivity contribution is 7.99. The number of rotatable bonds is 5. The van der Waals surface area contributed by atoms with E-state index in [-0.39, 0.29) is 5.91 Å². The number of carbonyl (C=O) groups excluding carboxylic acids is 1. The van der Waals surface area contributed by atoms with Gasteiger partial charge in [-0.05, 0) is 30.7 Å². The highest BCUT2D eigenvalue weighted by Crippen LogP contribution is 2.23. The van der Waals surface area contributed by atoms with E-state index >= 15 is 0 Å². The second kappa shape index (κ2) is 6.97. The van der Waals surface area contributed by atoms with Gasteiger partial charge in [0.2, 0.25) is 0 Å². The fraction of sp³-hybridized carbons (Fsp3) is 0.600. The fourth-order valence-electron chi connectivity index (χ4n) is 2.42. The van der Waals surface area contributed by atoms with Crippen LogP contribution in [0.4, 0.5) is 5.82 Å². The third-order valence-electron chi connectivity index (χ3n) is 3.66. The van der Waals surface area contributed by atoms with E-state index in [4.69, 9.17) is 0 Å². The maximum absolute atomic E-state index is 12.6. The molecule has 1 N–H and O–H groups in total. The van der Waals surface area contributed by atoms with Gasteiger partial charge in [0.15, 0.2) is 0 Å². The van der Waals surface area contributed by atoms with Crippen LogP contribution >= 0.6 is 11.8 Å². The summed E-state index contributed by atoms with van der Waals surface area (Å²) in [7, 11) is 3.75. The first-order valence-corrected chi connectivity index (χ1v) is 8.34. The number of carbonyl (C=O) groups is 1. The molecule has 2 heterocycles. The summed E-state index contributed by atoms with van der Waals surface area (Å²) in [5.41, 5.74) is 1.73. The molecule has 0 spiro atoms. The molecule has 1 aromatic rings. The van der Waals surface area contributed by atoms with Crippen LogP contribution in [-0.2, 0) is 6.42 Å². The van der Waals surface area contributed by atoms with Gasteiger partial charge in [-0.2, -0.15) is 11.8 Å². The summed E-state index contributed by atoms with van der Waals surface area (Å²) >= 11 is 1.92. The Kier molecular flexibility index (Phi) is 5.29. The molecule has 0 aliphatic carbocycles. The topological polar surface area (TPSA) is 45.2 Å². The molecule has 1 unspecified atom stereocenters. The van der Waals surface area contributed by atoms with E-state index in [9.17, 15) is 4.79 Å². The molecule has 1 saturated heterocycles. The lowest BCUT2D eigenvalue weighted by atomic mass is 10.1. The molecule has 4 nitrogen and oxygen atoms in total. The predicted molar refractivity (Wildman–Crippen MR) is 85.6 cm³/mol. The van der Waals surface area contributed by atoms with E-state index in [0.717, 1.165) is 47.8 Å². The molecule has 1 aliphatic rings. The zero-order valence-electron chi connectivity index (χ0n) is 12.5. The van der Waals surface area contributed by atoms with Gasteiger partial charge in [-0.15, -0.1) is 0 Å². The summed E-state index contributed by atoms with van der Waals surface area (Å²) in [5.74, 6) is 3.08. The Labute approximate surface area is 125 Å². The lowest BCUT2D eigenvalue weighted by molar-refractivity contribution is 0.0747. The number of pyridine rings is 1. The van der Waals surface area contributed by atoms with Crippen molar-refractivity contribution in [1.29, 1.82) is 0 Å². The molecule has 0 saturated carbocycles. The summed E-state index contributed by atoms with van der Waals surface area (Å²) in [4.78, 5) is 19.0. The van der Waals surface area contributed by atoms with E-state index in [1.165, 1.54) is 0 Å². The molecule has 110 valence electrons. The van der Waals surface area contributed by atoms with Crippen molar-refractivity contribution in [2.75, 3.05) is 30.9 Å². The van der Waals surface area contributed by atoms with E-state index in [1.807, 2.05) is 42.9 Å². The maximum Gasteiger partial charge on any atom is 0.254 e. The zero-order chi connectivity index (χ0) is 14.5. The smallest absolute Gasteiger partial charge is 0.254 e. The molecule has 0 bridgehead atoms. The number of thioether (sulfide) groups is 1. The minimum atomic E-state index is 0.105. The molecular weight excluding hydrogens is 270 g/mol. The summed E-state index contributed by atoms with van der Waals surface area (Å²) in [6, 6.07) is 4.15. The van der Waals surface area contributed by atoms with Crippen LogP contribution in [0.2, 0.25) is 0 Å². The Hall–Kier alpha value is -1.23. The number of nitrogens with one attached hydrogen (secondary N) is 1. The van der Waals surface area contributed by atoms with Crippen molar-refractivity contribution in [1.82, 2.24) is 9.88 Å². The van der Waals surface area contributed by atoms with Crippen LogP contribution in [0.3, 0.4) is 0 Å². The zero-order valence-corrected chi connectivity index (χ0v) is 13.3. The van der Waals surface area contributed by atoms with Gasteiger partial charge in [-0.25, -0.2) is 4.98 Å². The maximum atomic E-state index is 12.6. The molecule has 1 fully saturated rings. The van der Waals surface area contributed by atoms with Crippen LogP contribution in [0.5, 0.6) is 0 Å². The van der Waals surface area contributed by atoms with E-state index in [2.05, 4.69) is 17.2 Å². The lowest BCUT2D eigenvalue weighted by Crippen LogP contribution is -2.37. The van der Waals surface area contributed by atoms with Crippen molar-refractivity contribution < 1.29 is 4.79 Å². The number of hydrogen-bond donors (Lipinski definition) is 1. The third-order valence-corrected chi connectivity index (χ3v) is 4.81. The Morgan fingerprint density at radius 1 is 1.55 bits per heavy atom. The highest BCUT2D eigenvalue weighted by Gasteiger charge is 2.25. The monoisotopic (exact) mass is 293 g/mol. The lowest BCUT2D eigenvalue weighted by Gasteiger charge is -2.24. The highest BCUT2D eigenvalue weighted by atomic mass is 32.2. The summed E-state index contributed by atoms with van der Waals surface area (Å²) in [6.45, 7) is 2.12. The molecule has 1 aliphatic heterocycles. The van der Waals surface area contributed by atoms with Crippen molar-refractivity contribution in [3.8, 4) is 0 Å². The Morgan fingerprint density at radius 2 is 2.35 bits per heavy atom.